The van der Waals surface area contributed by atoms with Gasteiger partial charge in [-0.15, -0.1) is 0 Å². The monoisotopic (exact) mass is 361 g/mol. The molecule has 26 heavy (non-hydrogen) atoms. The largest absolute Gasteiger partial charge is 0.459 e. The molecule has 1 atom stereocenters. The molecule has 0 radical (unpaired) electrons. The second-order valence-electron chi connectivity index (χ2n) is 7.65. The lowest BCUT2D eigenvalue weighted by Crippen LogP contribution is -2.49. The van der Waals surface area contributed by atoms with E-state index in [4.69, 9.17) is 9.47 Å². The Labute approximate surface area is 156 Å². The summed E-state index contributed by atoms with van der Waals surface area (Å²) in [6.45, 7) is 11.9. The van der Waals surface area contributed by atoms with Crippen LogP contribution in [0.15, 0.2) is 23.2 Å². The number of hydrogen-bond acceptors (Lipinski definition) is 4. The molecule has 1 heterocycles. The van der Waals surface area contributed by atoms with E-state index in [0.29, 0.717) is 19.1 Å². The van der Waals surface area contributed by atoms with Crippen LogP contribution in [0.2, 0.25) is 0 Å². The van der Waals surface area contributed by atoms with E-state index in [0.717, 1.165) is 6.54 Å². The summed E-state index contributed by atoms with van der Waals surface area (Å²) in [6.07, 6.45) is -0.00979. The van der Waals surface area contributed by atoms with Crippen LogP contribution in [0.25, 0.3) is 0 Å². The first-order valence-corrected chi connectivity index (χ1v) is 9.06. The summed E-state index contributed by atoms with van der Waals surface area (Å²) >= 11 is 0. The maximum atomic E-state index is 11.9. The number of nitrogens with one attached hydrogen (secondary N) is 1. The van der Waals surface area contributed by atoms with Gasteiger partial charge in [0.15, 0.2) is 5.96 Å². The molecule has 6 nitrogen and oxygen atoms in total. The van der Waals surface area contributed by atoms with Crippen LogP contribution in [-0.4, -0.2) is 55.7 Å². The molecule has 6 heteroatoms. The smallest absolute Gasteiger partial charge is 0.325 e. The molecule has 1 aliphatic heterocycles. The summed E-state index contributed by atoms with van der Waals surface area (Å²) in [5, 5.41) is 3.10. The van der Waals surface area contributed by atoms with Gasteiger partial charge in [-0.25, -0.2) is 0 Å². The van der Waals surface area contributed by atoms with Crippen LogP contribution in [0.1, 0.15) is 43.6 Å². The highest BCUT2D eigenvalue weighted by Gasteiger charge is 2.26. The number of carbonyl (C=O) groups is 1. The van der Waals surface area contributed by atoms with Gasteiger partial charge in [0.2, 0.25) is 0 Å². The molecule has 0 spiro atoms. The summed E-state index contributed by atoms with van der Waals surface area (Å²) in [7, 11) is 1.72. The maximum Gasteiger partial charge on any atom is 0.325 e. The minimum absolute atomic E-state index is 0.00979. The fourth-order valence-electron chi connectivity index (χ4n) is 3.08. The van der Waals surface area contributed by atoms with Gasteiger partial charge >= 0.3 is 5.97 Å². The first-order chi connectivity index (χ1) is 12.2. The Kier molecular flexibility index (Phi) is 6.64. The molecule has 1 fully saturated rings. The Bertz CT molecular complexity index is 665. The summed E-state index contributed by atoms with van der Waals surface area (Å²) in [5.74, 6) is 0.395. The Hall–Kier alpha value is -2.08. The van der Waals surface area contributed by atoms with Crippen molar-refractivity contribution in [3.63, 3.8) is 0 Å². The minimum atomic E-state index is -0.491. The molecule has 1 unspecified atom stereocenters. The number of nitrogens with zero attached hydrogens (tertiary/aromatic N) is 2. The third kappa shape index (κ3) is 5.73. The summed E-state index contributed by atoms with van der Waals surface area (Å²) in [4.78, 5) is 18.4. The van der Waals surface area contributed by atoms with Gasteiger partial charge < -0.3 is 19.7 Å². The number of rotatable bonds is 3. The van der Waals surface area contributed by atoms with Crippen molar-refractivity contribution in [2.24, 2.45) is 4.99 Å². The van der Waals surface area contributed by atoms with Gasteiger partial charge in [-0.2, -0.15) is 0 Å². The fourth-order valence-corrected chi connectivity index (χ4v) is 3.08. The van der Waals surface area contributed by atoms with Crippen molar-refractivity contribution in [1.29, 1.82) is 0 Å². The number of morpholine rings is 1. The summed E-state index contributed by atoms with van der Waals surface area (Å²) < 4.78 is 11.3. The van der Waals surface area contributed by atoms with Gasteiger partial charge in [-0.1, -0.05) is 23.8 Å². The van der Waals surface area contributed by atoms with Crippen molar-refractivity contribution < 1.29 is 14.3 Å². The van der Waals surface area contributed by atoms with Crippen molar-refractivity contribution in [3.05, 3.63) is 34.9 Å². The second kappa shape index (κ2) is 8.54. The van der Waals surface area contributed by atoms with E-state index in [1.807, 2.05) is 20.8 Å². The lowest BCUT2D eigenvalue weighted by Gasteiger charge is -2.35. The normalized spacial score (nSPS) is 18.6. The van der Waals surface area contributed by atoms with E-state index in [-0.39, 0.29) is 18.6 Å². The van der Waals surface area contributed by atoms with Crippen LogP contribution >= 0.6 is 0 Å². The van der Waals surface area contributed by atoms with Crippen molar-refractivity contribution in [2.75, 3.05) is 33.3 Å². The number of aliphatic imine (C=N–C) groups is 1. The number of esters is 1. The van der Waals surface area contributed by atoms with Gasteiger partial charge in [0.25, 0.3) is 0 Å². The molecule has 1 aromatic carbocycles. The van der Waals surface area contributed by atoms with Crippen LogP contribution in [-0.2, 0) is 14.3 Å². The highest BCUT2D eigenvalue weighted by molar-refractivity contribution is 5.84. The van der Waals surface area contributed by atoms with E-state index in [2.05, 4.69) is 47.3 Å². The molecule has 2 rings (SSSR count). The Morgan fingerprint density at radius 3 is 2.73 bits per heavy atom. The second-order valence-corrected chi connectivity index (χ2v) is 7.65. The number of hydrogen-bond donors (Lipinski definition) is 1. The molecular weight excluding hydrogens is 330 g/mol. The zero-order chi connectivity index (χ0) is 19.3. The van der Waals surface area contributed by atoms with Crippen molar-refractivity contribution in [1.82, 2.24) is 10.2 Å². The summed E-state index contributed by atoms with van der Waals surface area (Å²) in [6, 6.07) is 6.42. The molecule has 0 saturated carbocycles. The van der Waals surface area contributed by atoms with E-state index in [1.165, 1.54) is 16.7 Å². The van der Waals surface area contributed by atoms with Crippen molar-refractivity contribution in [2.45, 2.75) is 46.3 Å². The number of carbonyl (C=O) groups excluding carboxylic acids is 1. The molecular formula is C20H31N3O3. The molecule has 1 saturated heterocycles. The Morgan fingerprint density at radius 1 is 1.38 bits per heavy atom. The standard InChI is InChI=1S/C20H31N3O3/c1-14-7-8-16(15(2)11-14)17-13-23(9-10-25-17)19(21-6)22-12-18(24)26-20(3,4)5/h7-8,11,17H,9-10,12-13H2,1-6H3,(H,21,22). The zero-order valence-corrected chi connectivity index (χ0v) is 16.8. The molecule has 1 N–H and O–H groups in total. The van der Waals surface area contributed by atoms with Gasteiger partial charge in [0, 0.05) is 13.6 Å². The fraction of sp³-hybridized carbons (Fsp3) is 0.600. The SMILES string of the molecule is CN=C(NCC(=O)OC(C)(C)C)N1CCOC(c2ccc(C)cc2C)C1. The number of aryl methyl sites for hydroxylation is 2. The molecule has 1 aromatic rings. The van der Waals surface area contributed by atoms with E-state index < -0.39 is 5.60 Å². The molecule has 144 valence electrons. The molecule has 0 aliphatic carbocycles. The van der Waals surface area contributed by atoms with Crippen LogP contribution in [0.3, 0.4) is 0 Å². The van der Waals surface area contributed by atoms with Crippen LogP contribution in [0.4, 0.5) is 0 Å². The minimum Gasteiger partial charge on any atom is -0.459 e. The number of ether oxygens (including phenoxy) is 2. The van der Waals surface area contributed by atoms with Gasteiger partial charge in [-0.05, 0) is 45.7 Å². The molecule has 0 amide bonds. The van der Waals surface area contributed by atoms with Gasteiger partial charge in [0.1, 0.15) is 18.2 Å². The van der Waals surface area contributed by atoms with E-state index in [1.54, 1.807) is 7.05 Å². The topological polar surface area (TPSA) is 63.2 Å². The quantitative estimate of drug-likeness (QED) is 0.509. The van der Waals surface area contributed by atoms with E-state index in [9.17, 15) is 4.79 Å². The van der Waals surface area contributed by atoms with Crippen molar-refractivity contribution in [3.8, 4) is 0 Å². The molecule has 0 bridgehead atoms. The first-order valence-electron chi connectivity index (χ1n) is 9.06. The van der Waals surface area contributed by atoms with Gasteiger partial charge in [-0.3, -0.25) is 9.79 Å². The third-order valence-corrected chi connectivity index (χ3v) is 4.16. The Balaban J connectivity index is 1.99. The molecule has 0 aromatic heterocycles. The maximum absolute atomic E-state index is 11.9. The number of guanidine groups is 1. The zero-order valence-electron chi connectivity index (χ0n) is 16.8. The molecule has 1 aliphatic rings. The summed E-state index contributed by atoms with van der Waals surface area (Å²) in [5.41, 5.74) is 3.18. The lowest BCUT2D eigenvalue weighted by atomic mass is 10.00. The van der Waals surface area contributed by atoms with Crippen LogP contribution < -0.4 is 5.32 Å². The predicted molar refractivity (Wildman–Crippen MR) is 103 cm³/mol. The first kappa shape index (κ1) is 20.2. The Morgan fingerprint density at radius 2 is 2.12 bits per heavy atom. The van der Waals surface area contributed by atoms with Crippen LogP contribution in [0.5, 0.6) is 0 Å². The number of benzene rings is 1. The highest BCUT2D eigenvalue weighted by atomic mass is 16.6. The van der Waals surface area contributed by atoms with Crippen LogP contribution in [0, 0.1) is 13.8 Å². The average molecular weight is 361 g/mol. The van der Waals surface area contributed by atoms with Gasteiger partial charge in [0.05, 0.1) is 13.2 Å². The van der Waals surface area contributed by atoms with Crippen molar-refractivity contribution >= 4 is 11.9 Å². The van der Waals surface area contributed by atoms with E-state index >= 15 is 0 Å². The average Bonchev–Trinajstić information content (AvgIpc) is 2.54. The predicted octanol–water partition coefficient (Wildman–Crippen LogP) is 2.59. The third-order valence-electron chi connectivity index (χ3n) is 4.16. The highest BCUT2D eigenvalue weighted by Crippen LogP contribution is 2.25. The lowest BCUT2D eigenvalue weighted by molar-refractivity contribution is -0.153.